The third-order valence-electron chi connectivity index (χ3n) is 2.44. The van der Waals surface area contributed by atoms with Crippen molar-refractivity contribution in [2.45, 2.75) is 72.9 Å². The lowest BCUT2D eigenvalue weighted by Crippen LogP contribution is -2.37. The van der Waals surface area contributed by atoms with Gasteiger partial charge < -0.3 is 9.47 Å². The van der Waals surface area contributed by atoms with E-state index in [1.807, 2.05) is 0 Å². The van der Waals surface area contributed by atoms with E-state index in [0.29, 0.717) is 18.1 Å². The molecule has 1 rings (SSSR count). The predicted molar refractivity (Wildman–Crippen MR) is 60.3 cm³/mol. The van der Waals surface area contributed by atoms with E-state index in [0.717, 1.165) is 19.3 Å². The van der Waals surface area contributed by atoms with Crippen LogP contribution in [0.15, 0.2) is 0 Å². The van der Waals surface area contributed by atoms with Crippen LogP contribution in [0.5, 0.6) is 0 Å². The summed E-state index contributed by atoms with van der Waals surface area (Å²) < 4.78 is 11.5. The Morgan fingerprint density at radius 3 is 2.43 bits per heavy atom. The van der Waals surface area contributed by atoms with E-state index in [9.17, 15) is 0 Å². The molecule has 0 amide bonds. The minimum atomic E-state index is 0. The van der Waals surface area contributed by atoms with Crippen LogP contribution in [0.2, 0.25) is 0 Å². The van der Waals surface area contributed by atoms with Crippen LogP contribution < -0.4 is 0 Å². The Balaban J connectivity index is 0.00000169. The van der Waals surface area contributed by atoms with E-state index >= 15 is 0 Å². The molecule has 86 valence electrons. The van der Waals surface area contributed by atoms with Crippen LogP contribution in [0.25, 0.3) is 0 Å². The first kappa shape index (κ1) is 13.9. The van der Waals surface area contributed by atoms with Gasteiger partial charge in [0.25, 0.3) is 0 Å². The Labute approximate surface area is 89.0 Å². The second kappa shape index (κ2) is 6.41. The van der Waals surface area contributed by atoms with Crippen LogP contribution in [0.4, 0.5) is 0 Å². The molecule has 1 aliphatic heterocycles. The summed E-state index contributed by atoms with van der Waals surface area (Å²) in [5.74, 6) is 0.646. The van der Waals surface area contributed by atoms with Gasteiger partial charge in [-0.2, -0.15) is 0 Å². The summed E-state index contributed by atoms with van der Waals surface area (Å²) in [6, 6.07) is 0. The molecule has 2 nitrogen and oxygen atoms in total. The fourth-order valence-electron chi connectivity index (χ4n) is 1.75. The molecule has 0 aliphatic carbocycles. The number of hydrogen-bond acceptors (Lipinski definition) is 2. The van der Waals surface area contributed by atoms with E-state index in [-0.39, 0.29) is 13.7 Å². The molecule has 1 fully saturated rings. The predicted octanol–water partition coefficient (Wildman–Crippen LogP) is 3.60. The molecular weight excluding hydrogens is 176 g/mol. The molecule has 1 heterocycles. The molecule has 0 aromatic carbocycles. The molecular formula is C12H26O2. The van der Waals surface area contributed by atoms with Gasteiger partial charge in [0, 0.05) is 6.42 Å². The molecule has 2 heteroatoms. The number of rotatable bonds is 3. The van der Waals surface area contributed by atoms with Gasteiger partial charge >= 0.3 is 0 Å². The highest BCUT2D eigenvalue weighted by Crippen LogP contribution is 2.24. The molecule has 0 bridgehead atoms. The zero-order valence-corrected chi connectivity index (χ0v) is 9.25. The van der Waals surface area contributed by atoms with Gasteiger partial charge in [0.05, 0.1) is 12.2 Å². The first-order chi connectivity index (χ1) is 6.11. The van der Waals surface area contributed by atoms with Crippen LogP contribution in [0.3, 0.4) is 0 Å². The first-order valence-electron chi connectivity index (χ1n) is 5.42. The molecule has 0 aromatic heterocycles. The topological polar surface area (TPSA) is 18.5 Å². The average molecular weight is 202 g/mol. The van der Waals surface area contributed by atoms with Gasteiger partial charge in [-0.3, -0.25) is 0 Å². The summed E-state index contributed by atoms with van der Waals surface area (Å²) >= 11 is 0. The van der Waals surface area contributed by atoms with Gasteiger partial charge in [0.1, 0.15) is 0 Å². The van der Waals surface area contributed by atoms with Crippen LogP contribution in [-0.2, 0) is 9.47 Å². The highest BCUT2D eigenvalue weighted by Gasteiger charge is 2.26. The van der Waals surface area contributed by atoms with Crippen LogP contribution in [0.1, 0.15) is 54.4 Å². The molecule has 14 heavy (non-hydrogen) atoms. The third-order valence-corrected chi connectivity index (χ3v) is 2.44. The monoisotopic (exact) mass is 202 g/mol. The largest absolute Gasteiger partial charge is 0.350 e. The summed E-state index contributed by atoms with van der Waals surface area (Å²) in [6.45, 7) is 8.72. The minimum absolute atomic E-state index is 0. The van der Waals surface area contributed by atoms with Crippen molar-refractivity contribution in [3.63, 3.8) is 0 Å². The second-order valence-corrected chi connectivity index (χ2v) is 4.41. The summed E-state index contributed by atoms with van der Waals surface area (Å²) in [7, 11) is 0. The van der Waals surface area contributed by atoms with Crippen LogP contribution >= 0.6 is 0 Å². The maximum Gasteiger partial charge on any atom is 0.158 e. The molecule has 0 aromatic rings. The van der Waals surface area contributed by atoms with Gasteiger partial charge in [0.15, 0.2) is 6.29 Å². The normalized spacial score (nSPS) is 32.8. The molecule has 3 unspecified atom stereocenters. The van der Waals surface area contributed by atoms with Crippen molar-refractivity contribution in [1.29, 1.82) is 0 Å². The minimum Gasteiger partial charge on any atom is -0.350 e. The standard InChI is InChI=1S/C11H22O2.CH4/c1-5-10-7-9(4)12-11(13-10)6-8(2)3;/h8-11H,5-7H2,1-4H3;1H4. The van der Waals surface area contributed by atoms with Crippen molar-refractivity contribution in [2.24, 2.45) is 5.92 Å². The maximum absolute atomic E-state index is 5.79. The molecule has 0 N–H and O–H groups in total. The zero-order chi connectivity index (χ0) is 9.84. The van der Waals surface area contributed by atoms with Gasteiger partial charge in [-0.15, -0.1) is 0 Å². The van der Waals surface area contributed by atoms with Crippen molar-refractivity contribution in [3.05, 3.63) is 0 Å². The smallest absolute Gasteiger partial charge is 0.158 e. The lowest BCUT2D eigenvalue weighted by molar-refractivity contribution is -0.243. The highest BCUT2D eigenvalue weighted by molar-refractivity contribution is 4.69. The van der Waals surface area contributed by atoms with Crippen molar-refractivity contribution in [1.82, 2.24) is 0 Å². The van der Waals surface area contributed by atoms with Gasteiger partial charge in [0.2, 0.25) is 0 Å². The lowest BCUT2D eigenvalue weighted by Gasteiger charge is -2.34. The third kappa shape index (κ3) is 4.43. The van der Waals surface area contributed by atoms with E-state index in [1.165, 1.54) is 0 Å². The van der Waals surface area contributed by atoms with Crippen molar-refractivity contribution >= 4 is 0 Å². The summed E-state index contributed by atoms with van der Waals surface area (Å²) in [6.07, 6.45) is 3.97. The Hall–Kier alpha value is -0.0800. The fourth-order valence-corrected chi connectivity index (χ4v) is 1.75. The summed E-state index contributed by atoms with van der Waals surface area (Å²) in [5, 5.41) is 0. The molecule has 3 atom stereocenters. The van der Waals surface area contributed by atoms with E-state index in [2.05, 4.69) is 27.7 Å². The quantitative estimate of drug-likeness (QED) is 0.696. The fraction of sp³-hybridized carbons (Fsp3) is 1.00. The lowest BCUT2D eigenvalue weighted by atomic mass is 10.1. The van der Waals surface area contributed by atoms with Crippen molar-refractivity contribution < 1.29 is 9.47 Å². The summed E-state index contributed by atoms with van der Waals surface area (Å²) in [4.78, 5) is 0. The van der Waals surface area contributed by atoms with Gasteiger partial charge in [-0.05, 0) is 25.7 Å². The first-order valence-corrected chi connectivity index (χ1v) is 5.42. The number of ether oxygens (including phenoxy) is 2. The summed E-state index contributed by atoms with van der Waals surface area (Å²) in [5.41, 5.74) is 0. The average Bonchev–Trinajstić information content (AvgIpc) is 2.01. The molecule has 0 spiro atoms. The Bertz CT molecular complexity index is 143. The van der Waals surface area contributed by atoms with E-state index in [4.69, 9.17) is 9.47 Å². The molecule has 1 aliphatic rings. The van der Waals surface area contributed by atoms with Crippen LogP contribution in [-0.4, -0.2) is 18.5 Å². The van der Waals surface area contributed by atoms with E-state index in [1.54, 1.807) is 0 Å². The SMILES string of the molecule is C.CCC1CC(C)OC(CC(C)C)O1. The van der Waals surface area contributed by atoms with Gasteiger partial charge in [-0.25, -0.2) is 0 Å². The second-order valence-electron chi connectivity index (χ2n) is 4.41. The molecule has 1 saturated heterocycles. The van der Waals surface area contributed by atoms with Gasteiger partial charge in [-0.1, -0.05) is 28.2 Å². The zero-order valence-electron chi connectivity index (χ0n) is 9.25. The van der Waals surface area contributed by atoms with Crippen molar-refractivity contribution in [3.8, 4) is 0 Å². The molecule has 0 saturated carbocycles. The highest BCUT2D eigenvalue weighted by atomic mass is 16.7. The number of hydrogen-bond donors (Lipinski definition) is 0. The maximum atomic E-state index is 5.79. The van der Waals surface area contributed by atoms with Crippen molar-refractivity contribution in [2.75, 3.05) is 0 Å². The Morgan fingerprint density at radius 1 is 1.29 bits per heavy atom. The van der Waals surface area contributed by atoms with Crippen LogP contribution in [0, 0.1) is 5.92 Å². The molecule has 0 radical (unpaired) electrons. The van der Waals surface area contributed by atoms with E-state index < -0.39 is 0 Å². The Morgan fingerprint density at radius 2 is 1.93 bits per heavy atom. The Kier molecular flexibility index (Phi) is 6.38.